The normalized spacial score (nSPS) is 14.8. The van der Waals surface area contributed by atoms with E-state index in [4.69, 9.17) is 9.88 Å². The lowest BCUT2D eigenvalue weighted by atomic mass is 10.1. The van der Waals surface area contributed by atoms with E-state index in [9.17, 15) is 13.2 Å². The first kappa shape index (κ1) is 16.5. The summed E-state index contributed by atoms with van der Waals surface area (Å²) >= 11 is 0. The van der Waals surface area contributed by atoms with Crippen LogP contribution in [0.4, 0.5) is 0 Å². The number of sulfonamides is 1. The number of rotatable bonds is 4. The third kappa shape index (κ3) is 3.13. The number of nitrogens with one attached hydrogen (secondary N) is 1. The van der Waals surface area contributed by atoms with Gasteiger partial charge in [-0.05, 0) is 37.1 Å². The minimum atomic E-state index is -3.94. The summed E-state index contributed by atoms with van der Waals surface area (Å²) in [6.07, 6.45) is 2.01. The van der Waals surface area contributed by atoms with Gasteiger partial charge in [-0.3, -0.25) is 9.89 Å². The molecule has 0 saturated carbocycles. The molecule has 128 valence electrons. The maximum absolute atomic E-state index is 12.3. The minimum Gasteiger partial charge on any atom is -0.495 e. The van der Waals surface area contributed by atoms with Gasteiger partial charge in [-0.25, -0.2) is 13.6 Å². The van der Waals surface area contributed by atoms with Gasteiger partial charge in [0, 0.05) is 18.7 Å². The van der Waals surface area contributed by atoms with Crippen molar-refractivity contribution in [2.24, 2.45) is 5.14 Å². The Labute approximate surface area is 139 Å². The number of hydrogen-bond acceptors (Lipinski definition) is 5. The Morgan fingerprint density at radius 2 is 2.00 bits per heavy atom. The molecule has 24 heavy (non-hydrogen) atoms. The number of aromatic amines is 1. The summed E-state index contributed by atoms with van der Waals surface area (Å²) in [6.45, 7) is 1.48. The van der Waals surface area contributed by atoms with Crippen LogP contribution in [0.15, 0.2) is 29.2 Å². The Morgan fingerprint density at radius 3 is 2.62 bits per heavy atom. The number of primary sulfonamides is 1. The molecule has 1 fully saturated rings. The molecule has 3 rings (SSSR count). The van der Waals surface area contributed by atoms with Gasteiger partial charge < -0.3 is 9.64 Å². The van der Waals surface area contributed by atoms with Crippen LogP contribution in [0, 0.1) is 0 Å². The molecule has 3 N–H and O–H groups in total. The third-order valence-electron chi connectivity index (χ3n) is 3.97. The highest BCUT2D eigenvalue weighted by Gasteiger charge is 2.22. The highest BCUT2D eigenvalue weighted by atomic mass is 32.2. The summed E-state index contributed by atoms with van der Waals surface area (Å²) in [5.41, 5.74) is 1.36. The van der Waals surface area contributed by atoms with E-state index in [1.807, 2.05) is 0 Å². The number of nitrogens with zero attached hydrogens (tertiary/aromatic N) is 2. The molecule has 1 aromatic carbocycles. The van der Waals surface area contributed by atoms with E-state index < -0.39 is 10.0 Å². The van der Waals surface area contributed by atoms with E-state index in [-0.39, 0.29) is 16.6 Å². The van der Waals surface area contributed by atoms with Crippen LogP contribution in [-0.2, 0) is 10.0 Å². The SMILES string of the molecule is COc1ccc(-c2cc(C(=O)N3CCCC3)[nH]n2)cc1S(N)(=O)=O. The number of H-pyrrole nitrogens is 1. The monoisotopic (exact) mass is 350 g/mol. The number of methoxy groups -OCH3 is 1. The van der Waals surface area contributed by atoms with Crippen molar-refractivity contribution in [1.82, 2.24) is 15.1 Å². The molecular weight excluding hydrogens is 332 g/mol. The smallest absolute Gasteiger partial charge is 0.271 e. The largest absolute Gasteiger partial charge is 0.495 e. The first-order chi connectivity index (χ1) is 11.4. The second kappa shape index (κ2) is 6.25. The molecule has 1 saturated heterocycles. The molecule has 2 aromatic rings. The Balaban J connectivity index is 1.94. The summed E-state index contributed by atoms with van der Waals surface area (Å²) in [5, 5.41) is 12.0. The molecule has 1 aliphatic rings. The quantitative estimate of drug-likeness (QED) is 0.852. The van der Waals surface area contributed by atoms with E-state index in [1.54, 1.807) is 17.0 Å². The van der Waals surface area contributed by atoms with E-state index in [0.717, 1.165) is 25.9 Å². The number of nitrogens with two attached hydrogens (primary N) is 1. The van der Waals surface area contributed by atoms with Crippen LogP contribution in [-0.4, -0.2) is 49.6 Å². The number of carbonyl (C=O) groups is 1. The fourth-order valence-electron chi connectivity index (χ4n) is 2.73. The van der Waals surface area contributed by atoms with Crippen LogP contribution in [0.25, 0.3) is 11.3 Å². The standard InChI is InChI=1S/C15H18N4O4S/c1-23-13-5-4-10(8-14(13)24(16,21)22)11-9-12(18-17-11)15(20)19-6-2-3-7-19/h4-5,8-9H,2-3,6-7H2,1H3,(H,17,18)(H2,16,21,22). The van der Waals surface area contributed by atoms with Crippen molar-refractivity contribution in [2.45, 2.75) is 17.7 Å². The van der Waals surface area contributed by atoms with Crippen molar-refractivity contribution in [2.75, 3.05) is 20.2 Å². The van der Waals surface area contributed by atoms with Crippen molar-refractivity contribution in [3.8, 4) is 17.0 Å². The van der Waals surface area contributed by atoms with E-state index in [2.05, 4.69) is 10.2 Å². The van der Waals surface area contributed by atoms with Crippen LogP contribution in [0.2, 0.25) is 0 Å². The summed E-state index contributed by atoms with van der Waals surface area (Å²) in [5.74, 6) is 0.0524. The molecular formula is C15H18N4O4S. The van der Waals surface area contributed by atoms with E-state index in [0.29, 0.717) is 17.0 Å². The van der Waals surface area contributed by atoms with E-state index in [1.165, 1.54) is 19.2 Å². The molecule has 2 heterocycles. The van der Waals surface area contributed by atoms with Crippen molar-refractivity contribution < 1.29 is 17.9 Å². The van der Waals surface area contributed by atoms with Crippen molar-refractivity contribution in [1.29, 1.82) is 0 Å². The van der Waals surface area contributed by atoms with Crippen LogP contribution in [0.5, 0.6) is 5.75 Å². The van der Waals surface area contributed by atoms with Crippen molar-refractivity contribution in [3.05, 3.63) is 30.0 Å². The average molecular weight is 350 g/mol. The van der Waals surface area contributed by atoms with Crippen molar-refractivity contribution in [3.63, 3.8) is 0 Å². The number of likely N-dealkylation sites (tertiary alicyclic amines) is 1. The predicted molar refractivity (Wildman–Crippen MR) is 87.1 cm³/mol. The van der Waals surface area contributed by atoms with Crippen LogP contribution < -0.4 is 9.88 Å². The fraction of sp³-hybridized carbons (Fsp3) is 0.333. The molecule has 0 spiro atoms. The zero-order chi connectivity index (χ0) is 17.3. The molecule has 1 aromatic heterocycles. The van der Waals surface area contributed by atoms with Crippen LogP contribution in [0.1, 0.15) is 23.3 Å². The average Bonchev–Trinajstić information content (AvgIpc) is 3.24. The molecule has 8 nitrogen and oxygen atoms in total. The number of aromatic nitrogens is 2. The van der Waals surface area contributed by atoms with Gasteiger partial charge in [-0.1, -0.05) is 0 Å². The lowest BCUT2D eigenvalue weighted by Crippen LogP contribution is -2.27. The number of amides is 1. The molecule has 0 unspecified atom stereocenters. The molecule has 0 radical (unpaired) electrons. The fourth-order valence-corrected chi connectivity index (χ4v) is 3.45. The van der Waals surface area contributed by atoms with Crippen LogP contribution >= 0.6 is 0 Å². The maximum atomic E-state index is 12.3. The summed E-state index contributed by atoms with van der Waals surface area (Å²) < 4.78 is 28.4. The lowest BCUT2D eigenvalue weighted by Gasteiger charge is -2.12. The molecule has 0 bridgehead atoms. The number of hydrogen-bond donors (Lipinski definition) is 2. The van der Waals surface area contributed by atoms with E-state index >= 15 is 0 Å². The van der Waals surface area contributed by atoms with Gasteiger partial charge in [-0.2, -0.15) is 5.10 Å². The Hall–Kier alpha value is -2.39. The van der Waals surface area contributed by atoms with Crippen LogP contribution in [0.3, 0.4) is 0 Å². The summed E-state index contributed by atoms with van der Waals surface area (Å²) in [4.78, 5) is 14.0. The Kier molecular flexibility index (Phi) is 4.29. The second-order valence-electron chi connectivity index (χ2n) is 5.58. The molecule has 1 aliphatic heterocycles. The number of carbonyl (C=O) groups excluding carboxylic acids is 1. The lowest BCUT2D eigenvalue weighted by molar-refractivity contribution is 0.0787. The number of ether oxygens (including phenoxy) is 1. The highest BCUT2D eigenvalue weighted by Crippen LogP contribution is 2.28. The minimum absolute atomic E-state index is 0.105. The number of benzene rings is 1. The first-order valence-corrected chi connectivity index (χ1v) is 9.00. The Bertz CT molecular complexity index is 869. The molecule has 0 atom stereocenters. The second-order valence-corrected chi connectivity index (χ2v) is 7.11. The van der Waals surface area contributed by atoms with Crippen molar-refractivity contribution >= 4 is 15.9 Å². The van der Waals surface area contributed by atoms with Gasteiger partial charge in [0.1, 0.15) is 16.3 Å². The molecule has 1 amide bonds. The van der Waals surface area contributed by atoms with Gasteiger partial charge in [0.25, 0.3) is 5.91 Å². The first-order valence-electron chi connectivity index (χ1n) is 7.46. The highest BCUT2D eigenvalue weighted by molar-refractivity contribution is 7.89. The zero-order valence-corrected chi connectivity index (χ0v) is 14.0. The summed E-state index contributed by atoms with van der Waals surface area (Å²) in [6, 6.07) is 6.16. The van der Waals surface area contributed by atoms with Gasteiger partial charge >= 0.3 is 0 Å². The zero-order valence-electron chi connectivity index (χ0n) is 13.2. The maximum Gasteiger partial charge on any atom is 0.271 e. The van der Waals surface area contributed by atoms with Gasteiger partial charge in [-0.15, -0.1) is 0 Å². The molecule has 0 aliphatic carbocycles. The molecule has 9 heteroatoms. The van der Waals surface area contributed by atoms with Gasteiger partial charge in [0.05, 0.1) is 12.8 Å². The third-order valence-corrected chi connectivity index (χ3v) is 4.90. The topological polar surface area (TPSA) is 118 Å². The summed E-state index contributed by atoms with van der Waals surface area (Å²) in [7, 11) is -2.57. The Morgan fingerprint density at radius 1 is 1.29 bits per heavy atom. The predicted octanol–water partition coefficient (Wildman–Crippen LogP) is 0.969. The van der Waals surface area contributed by atoms with Gasteiger partial charge in [0.2, 0.25) is 10.0 Å². The van der Waals surface area contributed by atoms with Gasteiger partial charge in [0.15, 0.2) is 0 Å².